The molecule has 10 heavy (non-hydrogen) atoms. The molecule has 0 aliphatic heterocycles. The van der Waals surface area contributed by atoms with Gasteiger partial charge in [0.05, 0.1) is 0 Å². The van der Waals surface area contributed by atoms with Crippen molar-refractivity contribution in [2.75, 3.05) is 19.5 Å². The molecule has 4 nitrogen and oxygen atoms in total. The van der Waals surface area contributed by atoms with Crippen molar-refractivity contribution in [1.82, 2.24) is 0 Å². The predicted octanol–water partition coefficient (Wildman–Crippen LogP) is 0.819. The van der Waals surface area contributed by atoms with Crippen molar-refractivity contribution in [2.45, 2.75) is 6.92 Å². The number of phosphoric acid groups is 1. The van der Waals surface area contributed by atoms with E-state index in [4.69, 9.17) is 19.2 Å². The summed E-state index contributed by atoms with van der Waals surface area (Å²) in [6, 6.07) is 0. The summed E-state index contributed by atoms with van der Waals surface area (Å²) in [6.07, 6.45) is 1.37. The zero-order chi connectivity index (χ0) is 8.78. The van der Waals surface area contributed by atoms with Crippen molar-refractivity contribution in [3.63, 3.8) is 0 Å². The zero-order valence-corrected chi connectivity index (χ0v) is 8.14. The maximum Gasteiger partial charge on any atom is 0.466 e. The van der Waals surface area contributed by atoms with Gasteiger partial charge in [0, 0.05) is 0 Å². The Balaban J connectivity index is 0. The zero-order valence-electron chi connectivity index (χ0n) is 6.35. The fraction of sp³-hybridized carbons (Fsp3) is 1.00. The highest BCUT2D eigenvalue weighted by molar-refractivity contribution is 7.55. The molecule has 0 aliphatic rings. The van der Waals surface area contributed by atoms with Crippen LogP contribution in [0.3, 0.4) is 0 Å². The van der Waals surface area contributed by atoms with Gasteiger partial charge in [0.1, 0.15) is 0 Å². The second kappa shape index (κ2) is 6.26. The van der Waals surface area contributed by atoms with Crippen LogP contribution in [-0.4, -0.2) is 34.2 Å². The average Bonchev–Trinajstić information content (AvgIpc) is 1.61. The molecule has 0 spiro atoms. The average molecular weight is 188 g/mol. The van der Waals surface area contributed by atoms with E-state index in [1.54, 1.807) is 0 Å². The summed E-state index contributed by atoms with van der Waals surface area (Å²) >= 11 is 0. The van der Waals surface area contributed by atoms with E-state index < -0.39 is 7.82 Å². The summed E-state index contributed by atoms with van der Waals surface area (Å²) in [4.78, 5) is 21.6. The molecule has 64 valence electrons. The predicted molar refractivity (Wildman–Crippen MR) is 43.6 cm³/mol. The Labute approximate surface area is 62.3 Å². The Kier molecular flexibility index (Phi) is 8.24. The molecular formula is C4H14O4P2. The Hall–Kier alpha value is 0.540. The summed E-state index contributed by atoms with van der Waals surface area (Å²) in [5.74, 6) is 0. The van der Waals surface area contributed by atoms with Gasteiger partial charge in [-0.15, -0.1) is 7.92 Å². The minimum Gasteiger partial charge on any atom is -0.303 e. The van der Waals surface area contributed by atoms with Crippen molar-refractivity contribution in [3.8, 4) is 0 Å². The third kappa shape index (κ3) is 75.3. The SMILES string of the molecule is CCP(C)C.O=P(O)(O)O. The molecule has 0 radical (unpaired) electrons. The molecule has 0 fully saturated rings. The molecule has 0 unspecified atom stereocenters. The number of hydrogen-bond acceptors (Lipinski definition) is 1. The van der Waals surface area contributed by atoms with Crippen molar-refractivity contribution in [3.05, 3.63) is 0 Å². The van der Waals surface area contributed by atoms with Crippen LogP contribution in [0.2, 0.25) is 0 Å². The molecular weight excluding hydrogens is 174 g/mol. The van der Waals surface area contributed by atoms with Crippen LogP contribution in [0.5, 0.6) is 0 Å². The topological polar surface area (TPSA) is 77.8 Å². The van der Waals surface area contributed by atoms with Crippen LogP contribution >= 0.6 is 15.7 Å². The second-order valence-electron chi connectivity index (χ2n) is 1.91. The third-order valence-electron chi connectivity index (χ3n) is 0.632. The number of hydrogen-bond donors (Lipinski definition) is 3. The second-order valence-corrected chi connectivity index (χ2v) is 5.73. The minimum atomic E-state index is -4.64. The fourth-order valence-corrected chi connectivity index (χ4v) is 0. The van der Waals surface area contributed by atoms with Crippen LogP contribution < -0.4 is 0 Å². The highest BCUT2D eigenvalue weighted by Crippen LogP contribution is 2.25. The van der Waals surface area contributed by atoms with Gasteiger partial charge in [0.2, 0.25) is 0 Å². The van der Waals surface area contributed by atoms with Crippen LogP contribution in [0, 0.1) is 0 Å². The lowest BCUT2D eigenvalue weighted by Gasteiger charge is -1.92. The van der Waals surface area contributed by atoms with Crippen LogP contribution in [0.15, 0.2) is 0 Å². The highest BCUT2D eigenvalue weighted by Gasteiger charge is 2.00. The van der Waals surface area contributed by atoms with E-state index in [9.17, 15) is 0 Å². The molecule has 0 amide bonds. The monoisotopic (exact) mass is 188 g/mol. The van der Waals surface area contributed by atoms with Crippen molar-refractivity contribution in [1.29, 1.82) is 0 Å². The van der Waals surface area contributed by atoms with E-state index in [-0.39, 0.29) is 0 Å². The summed E-state index contributed by atoms with van der Waals surface area (Å²) in [5.41, 5.74) is 0. The molecule has 0 atom stereocenters. The first-order chi connectivity index (χ1) is 4.27. The van der Waals surface area contributed by atoms with E-state index in [1.165, 1.54) is 6.16 Å². The summed E-state index contributed by atoms with van der Waals surface area (Å²) < 4.78 is 8.88. The molecule has 3 N–H and O–H groups in total. The van der Waals surface area contributed by atoms with E-state index >= 15 is 0 Å². The Bertz CT molecular complexity index is 99.6. The molecule has 0 rings (SSSR count). The first kappa shape index (κ1) is 13.2. The molecule has 0 bridgehead atoms. The first-order valence-corrected chi connectivity index (χ1v) is 6.69. The lowest BCUT2D eigenvalue weighted by atomic mass is 11.0. The maximum absolute atomic E-state index is 8.88. The summed E-state index contributed by atoms with van der Waals surface area (Å²) in [6.45, 7) is 6.80. The van der Waals surface area contributed by atoms with Gasteiger partial charge in [-0.3, -0.25) is 0 Å². The Morgan fingerprint density at radius 2 is 1.40 bits per heavy atom. The van der Waals surface area contributed by atoms with Gasteiger partial charge in [-0.25, -0.2) is 4.57 Å². The van der Waals surface area contributed by atoms with E-state index in [1.807, 2.05) is 0 Å². The Morgan fingerprint density at radius 3 is 1.40 bits per heavy atom. The van der Waals surface area contributed by atoms with Crippen molar-refractivity contribution in [2.24, 2.45) is 0 Å². The standard InChI is InChI=1S/C4H11P.H3O4P/c1-4-5(2)3;1-5(2,3)4/h4H2,1-3H3;(H3,1,2,3,4). The van der Waals surface area contributed by atoms with Gasteiger partial charge >= 0.3 is 7.82 Å². The largest absolute Gasteiger partial charge is 0.466 e. The van der Waals surface area contributed by atoms with E-state index in [0.29, 0.717) is 7.92 Å². The molecule has 0 aliphatic carbocycles. The normalized spacial score (nSPS) is 10.7. The van der Waals surface area contributed by atoms with E-state index in [0.717, 1.165) is 0 Å². The first-order valence-electron chi connectivity index (χ1n) is 2.70. The highest BCUT2D eigenvalue weighted by atomic mass is 31.2. The third-order valence-corrected chi connectivity index (χ3v) is 1.90. The molecule has 0 aromatic heterocycles. The van der Waals surface area contributed by atoms with E-state index in [2.05, 4.69) is 20.3 Å². The van der Waals surface area contributed by atoms with Gasteiger partial charge in [0.25, 0.3) is 0 Å². The fourth-order valence-electron chi connectivity index (χ4n) is 0. The van der Waals surface area contributed by atoms with Crippen LogP contribution in [-0.2, 0) is 4.57 Å². The molecule has 0 aromatic carbocycles. The van der Waals surface area contributed by atoms with Crippen molar-refractivity contribution >= 4 is 15.7 Å². The molecule has 6 heteroatoms. The van der Waals surface area contributed by atoms with Gasteiger partial charge < -0.3 is 14.7 Å². The van der Waals surface area contributed by atoms with Gasteiger partial charge in [-0.1, -0.05) is 6.92 Å². The Morgan fingerprint density at radius 1 is 1.30 bits per heavy atom. The van der Waals surface area contributed by atoms with Crippen LogP contribution in [0.4, 0.5) is 0 Å². The molecule has 0 saturated heterocycles. The maximum atomic E-state index is 8.88. The molecule has 0 heterocycles. The molecule has 0 saturated carbocycles. The van der Waals surface area contributed by atoms with Crippen LogP contribution in [0.25, 0.3) is 0 Å². The summed E-state index contributed by atoms with van der Waals surface area (Å²) in [7, 11) is -4.24. The van der Waals surface area contributed by atoms with Crippen LogP contribution in [0.1, 0.15) is 6.92 Å². The minimum absolute atomic E-state index is 0.402. The lowest BCUT2D eigenvalue weighted by Crippen LogP contribution is -1.66. The lowest BCUT2D eigenvalue weighted by molar-refractivity contribution is 0.275. The number of rotatable bonds is 1. The smallest absolute Gasteiger partial charge is 0.303 e. The van der Waals surface area contributed by atoms with Gasteiger partial charge in [-0.05, 0) is 19.5 Å². The molecule has 0 aromatic rings. The quantitative estimate of drug-likeness (QED) is 0.532. The van der Waals surface area contributed by atoms with Gasteiger partial charge in [-0.2, -0.15) is 0 Å². The van der Waals surface area contributed by atoms with Gasteiger partial charge in [0.15, 0.2) is 0 Å². The summed E-state index contributed by atoms with van der Waals surface area (Å²) in [5, 5.41) is 0. The van der Waals surface area contributed by atoms with Crippen molar-refractivity contribution < 1.29 is 19.2 Å².